The van der Waals surface area contributed by atoms with E-state index in [4.69, 9.17) is 9.26 Å². The highest BCUT2D eigenvalue weighted by molar-refractivity contribution is 7.14. The number of nitrogens with one attached hydrogen (secondary N) is 1. The highest BCUT2D eigenvalue weighted by atomic mass is 32.1. The van der Waals surface area contributed by atoms with Crippen LogP contribution in [0.1, 0.15) is 41.9 Å². The molecule has 7 heteroatoms. The predicted octanol–water partition coefficient (Wildman–Crippen LogP) is 4.33. The van der Waals surface area contributed by atoms with E-state index in [1.165, 1.54) is 11.3 Å². The summed E-state index contributed by atoms with van der Waals surface area (Å²) in [4.78, 5) is 17.7. The molecule has 1 amide bonds. The first kappa shape index (κ1) is 15.8. The summed E-state index contributed by atoms with van der Waals surface area (Å²) in [5.41, 5.74) is 1.24. The average Bonchev–Trinajstić information content (AvgIpc) is 3.17. The van der Waals surface area contributed by atoms with E-state index in [0.29, 0.717) is 29.7 Å². The molecule has 0 atom stereocenters. The van der Waals surface area contributed by atoms with Gasteiger partial charge in [0.15, 0.2) is 5.82 Å². The van der Waals surface area contributed by atoms with Crippen LogP contribution in [0.2, 0.25) is 0 Å². The fraction of sp³-hybridized carbons (Fsp3) is 0.278. The second kappa shape index (κ2) is 6.68. The van der Waals surface area contributed by atoms with Crippen LogP contribution in [0.15, 0.2) is 40.2 Å². The van der Waals surface area contributed by atoms with E-state index in [9.17, 15) is 4.79 Å². The number of rotatable bonds is 6. The van der Waals surface area contributed by atoms with Crippen molar-refractivity contribution < 1.29 is 14.1 Å². The summed E-state index contributed by atoms with van der Waals surface area (Å²) in [5.74, 6) is 2.20. The van der Waals surface area contributed by atoms with Gasteiger partial charge in [0.05, 0.1) is 12.3 Å². The second-order valence-corrected chi connectivity index (χ2v) is 6.72. The van der Waals surface area contributed by atoms with E-state index in [1.807, 2.05) is 18.4 Å². The van der Waals surface area contributed by atoms with E-state index >= 15 is 0 Å². The topological polar surface area (TPSA) is 77.2 Å². The largest absolute Gasteiger partial charge is 0.494 e. The van der Waals surface area contributed by atoms with Crippen LogP contribution >= 0.6 is 11.3 Å². The highest BCUT2D eigenvalue weighted by Crippen LogP contribution is 2.40. The van der Waals surface area contributed by atoms with Crippen molar-refractivity contribution in [1.29, 1.82) is 0 Å². The monoisotopic (exact) mass is 355 g/mol. The van der Waals surface area contributed by atoms with Gasteiger partial charge in [0.25, 0.3) is 11.8 Å². The minimum atomic E-state index is -0.190. The van der Waals surface area contributed by atoms with Crippen LogP contribution in [-0.4, -0.2) is 22.7 Å². The number of anilines is 1. The third-order valence-corrected chi connectivity index (χ3v) is 4.82. The van der Waals surface area contributed by atoms with Crippen molar-refractivity contribution in [3.05, 3.63) is 47.1 Å². The normalized spacial score (nSPS) is 13.6. The molecule has 0 bridgehead atoms. The number of amides is 1. The molecule has 6 nitrogen and oxygen atoms in total. The Morgan fingerprint density at radius 1 is 1.32 bits per heavy atom. The van der Waals surface area contributed by atoms with Gasteiger partial charge in [-0.3, -0.25) is 4.79 Å². The molecule has 1 aromatic carbocycles. The maximum Gasteiger partial charge on any atom is 0.270 e. The number of hydrogen-bond donors (Lipinski definition) is 1. The lowest BCUT2D eigenvalue weighted by molar-refractivity contribution is 0.102. The number of thiophene rings is 1. The number of benzene rings is 1. The van der Waals surface area contributed by atoms with Crippen molar-refractivity contribution in [1.82, 2.24) is 10.1 Å². The molecule has 25 heavy (non-hydrogen) atoms. The molecule has 1 aliphatic carbocycles. The minimum absolute atomic E-state index is 0.190. The van der Waals surface area contributed by atoms with Crippen LogP contribution in [0.4, 0.5) is 5.69 Å². The minimum Gasteiger partial charge on any atom is -0.494 e. The molecule has 0 spiro atoms. The molecule has 0 saturated heterocycles. The molecule has 1 aliphatic rings. The van der Waals surface area contributed by atoms with Crippen molar-refractivity contribution >= 4 is 22.9 Å². The Bertz CT molecular complexity index is 881. The summed E-state index contributed by atoms with van der Waals surface area (Å²) in [7, 11) is 0. The maximum absolute atomic E-state index is 12.5. The van der Waals surface area contributed by atoms with Crippen molar-refractivity contribution in [2.75, 3.05) is 11.9 Å². The van der Waals surface area contributed by atoms with Gasteiger partial charge in [-0.05, 0) is 55.5 Å². The number of carbonyl (C=O) groups excluding carboxylic acids is 1. The zero-order chi connectivity index (χ0) is 17.2. The van der Waals surface area contributed by atoms with Gasteiger partial charge in [-0.15, -0.1) is 11.3 Å². The zero-order valence-electron chi connectivity index (χ0n) is 13.7. The number of hydrogen-bond acceptors (Lipinski definition) is 6. The Labute approximate surface area is 148 Å². The molecule has 1 fully saturated rings. The Hall–Kier alpha value is -2.67. The maximum atomic E-state index is 12.5. The number of nitrogens with zero attached hydrogens (tertiary/aromatic N) is 2. The lowest BCUT2D eigenvalue weighted by Crippen LogP contribution is -2.11. The Morgan fingerprint density at radius 2 is 2.12 bits per heavy atom. The predicted molar refractivity (Wildman–Crippen MR) is 95.2 cm³/mol. The molecule has 1 saturated carbocycles. The SMILES string of the molecule is CCOc1ccc(C(=O)Nc2ccsc2-c2nc(C3CC3)no2)cc1. The molecule has 0 aliphatic heterocycles. The third kappa shape index (κ3) is 3.41. The molecule has 2 heterocycles. The van der Waals surface area contributed by atoms with Crippen LogP contribution in [0, 0.1) is 0 Å². The van der Waals surface area contributed by atoms with Crippen molar-refractivity contribution in [2.45, 2.75) is 25.7 Å². The summed E-state index contributed by atoms with van der Waals surface area (Å²) in [6.45, 7) is 2.52. The van der Waals surface area contributed by atoms with Crippen LogP contribution in [0.3, 0.4) is 0 Å². The van der Waals surface area contributed by atoms with Gasteiger partial charge >= 0.3 is 0 Å². The number of carbonyl (C=O) groups is 1. The van der Waals surface area contributed by atoms with Crippen LogP contribution < -0.4 is 10.1 Å². The Morgan fingerprint density at radius 3 is 2.84 bits per heavy atom. The van der Waals surface area contributed by atoms with Gasteiger partial charge < -0.3 is 14.6 Å². The third-order valence-electron chi connectivity index (χ3n) is 3.92. The van der Waals surface area contributed by atoms with Gasteiger partial charge in [-0.1, -0.05) is 5.16 Å². The van der Waals surface area contributed by atoms with E-state index in [0.717, 1.165) is 29.3 Å². The van der Waals surface area contributed by atoms with Crippen LogP contribution in [-0.2, 0) is 0 Å². The van der Waals surface area contributed by atoms with Crippen molar-refractivity contribution in [3.63, 3.8) is 0 Å². The van der Waals surface area contributed by atoms with E-state index in [1.54, 1.807) is 24.3 Å². The Balaban J connectivity index is 1.50. The van der Waals surface area contributed by atoms with Gasteiger partial charge in [0.2, 0.25) is 0 Å². The lowest BCUT2D eigenvalue weighted by atomic mass is 10.2. The quantitative estimate of drug-likeness (QED) is 0.712. The molecule has 4 rings (SSSR count). The molecular weight excluding hydrogens is 338 g/mol. The molecule has 128 valence electrons. The van der Waals surface area contributed by atoms with Gasteiger partial charge in [0, 0.05) is 11.5 Å². The summed E-state index contributed by atoms with van der Waals surface area (Å²) in [6.07, 6.45) is 2.23. The van der Waals surface area contributed by atoms with E-state index in [2.05, 4.69) is 15.5 Å². The fourth-order valence-electron chi connectivity index (χ4n) is 2.47. The standard InChI is InChI=1S/C18H17N3O3S/c1-2-23-13-7-5-12(6-8-13)17(22)19-14-9-10-25-15(14)18-20-16(21-24-18)11-3-4-11/h5-11H,2-4H2,1H3,(H,19,22). The van der Waals surface area contributed by atoms with Crippen LogP contribution in [0.25, 0.3) is 10.8 Å². The number of aromatic nitrogens is 2. The zero-order valence-corrected chi connectivity index (χ0v) is 14.5. The van der Waals surface area contributed by atoms with E-state index < -0.39 is 0 Å². The molecule has 3 aromatic rings. The molecule has 2 aromatic heterocycles. The second-order valence-electron chi connectivity index (χ2n) is 5.81. The fourth-order valence-corrected chi connectivity index (χ4v) is 3.24. The van der Waals surface area contributed by atoms with Gasteiger partial charge in [0.1, 0.15) is 10.6 Å². The summed E-state index contributed by atoms with van der Waals surface area (Å²) in [5, 5.41) is 8.84. The van der Waals surface area contributed by atoms with Crippen molar-refractivity contribution in [3.8, 4) is 16.5 Å². The van der Waals surface area contributed by atoms with Crippen LogP contribution in [0.5, 0.6) is 5.75 Å². The smallest absolute Gasteiger partial charge is 0.270 e. The average molecular weight is 355 g/mol. The summed E-state index contributed by atoms with van der Waals surface area (Å²) >= 11 is 1.46. The molecule has 1 N–H and O–H groups in total. The Kier molecular flexibility index (Phi) is 4.23. The first-order chi connectivity index (χ1) is 12.2. The summed E-state index contributed by atoms with van der Waals surface area (Å²) < 4.78 is 10.8. The van der Waals surface area contributed by atoms with Gasteiger partial charge in [-0.2, -0.15) is 4.98 Å². The summed E-state index contributed by atoms with van der Waals surface area (Å²) in [6, 6.07) is 8.89. The molecular formula is C18H17N3O3S. The van der Waals surface area contributed by atoms with E-state index in [-0.39, 0.29) is 5.91 Å². The van der Waals surface area contributed by atoms with Gasteiger partial charge in [-0.25, -0.2) is 0 Å². The lowest BCUT2D eigenvalue weighted by Gasteiger charge is -2.06. The number of ether oxygens (including phenoxy) is 1. The first-order valence-corrected chi connectivity index (χ1v) is 9.08. The first-order valence-electron chi connectivity index (χ1n) is 8.20. The van der Waals surface area contributed by atoms with Crippen molar-refractivity contribution in [2.24, 2.45) is 0 Å². The highest BCUT2D eigenvalue weighted by Gasteiger charge is 2.29. The molecule has 0 radical (unpaired) electrons. The molecule has 0 unspecified atom stereocenters.